The first-order valence-corrected chi connectivity index (χ1v) is 7.84. The van der Waals surface area contributed by atoms with E-state index in [1.165, 1.54) is 18.2 Å². The van der Waals surface area contributed by atoms with Gasteiger partial charge >= 0.3 is 5.97 Å². The van der Waals surface area contributed by atoms with Crippen molar-refractivity contribution in [2.24, 2.45) is 0 Å². The van der Waals surface area contributed by atoms with Crippen molar-refractivity contribution in [1.82, 2.24) is 4.72 Å². The molecular formula is C13H19NO5S. The highest BCUT2D eigenvalue weighted by atomic mass is 32.2. The van der Waals surface area contributed by atoms with E-state index >= 15 is 0 Å². The summed E-state index contributed by atoms with van der Waals surface area (Å²) < 4.78 is 31.4. The summed E-state index contributed by atoms with van der Waals surface area (Å²) in [5, 5.41) is 9.10. The van der Waals surface area contributed by atoms with Crippen LogP contribution in [0, 0.1) is 0 Å². The molecule has 0 aliphatic rings. The zero-order valence-corrected chi connectivity index (χ0v) is 12.4. The minimum Gasteiger partial charge on any atom is -0.478 e. The molecule has 0 aromatic heterocycles. The van der Waals surface area contributed by atoms with Gasteiger partial charge in [0.25, 0.3) is 0 Å². The second kappa shape index (κ2) is 7.37. The van der Waals surface area contributed by atoms with Crippen molar-refractivity contribution in [2.75, 3.05) is 19.8 Å². The molecule has 112 valence electrons. The van der Waals surface area contributed by atoms with E-state index in [4.69, 9.17) is 9.84 Å². The standard InChI is InChI=1S/C13H19NO5S/c1-3-10-5-6-11(9-12(10)13(15)16)20(17,18)14-7-8-19-4-2/h5-6,9,14H,3-4,7-8H2,1-2H3,(H,15,16). The summed E-state index contributed by atoms with van der Waals surface area (Å²) >= 11 is 0. The van der Waals surface area contributed by atoms with Crippen LogP contribution in [-0.2, 0) is 21.2 Å². The van der Waals surface area contributed by atoms with Gasteiger partial charge in [-0.2, -0.15) is 0 Å². The molecule has 0 aliphatic carbocycles. The Hall–Kier alpha value is -1.44. The molecule has 0 saturated heterocycles. The summed E-state index contributed by atoms with van der Waals surface area (Å²) in [6.45, 7) is 4.56. The largest absolute Gasteiger partial charge is 0.478 e. The van der Waals surface area contributed by atoms with Crippen LogP contribution < -0.4 is 4.72 Å². The minimum atomic E-state index is -3.72. The van der Waals surface area contributed by atoms with Crippen LogP contribution >= 0.6 is 0 Å². The average Bonchev–Trinajstić information content (AvgIpc) is 2.42. The lowest BCUT2D eigenvalue weighted by Crippen LogP contribution is -2.27. The fourth-order valence-corrected chi connectivity index (χ4v) is 2.74. The van der Waals surface area contributed by atoms with Crippen LogP contribution in [0.2, 0.25) is 0 Å². The normalized spacial score (nSPS) is 11.5. The summed E-state index contributed by atoms with van der Waals surface area (Å²) in [6, 6.07) is 4.12. The number of rotatable bonds is 8. The molecule has 0 unspecified atom stereocenters. The molecule has 0 amide bonds. The van der Waals surface area contributed by atoms with E-state index in [1.807, 2.05) is 13.8 Å². The summed E-state index contributed by atoms with van der Waals surface area (Å²) in [7, 11) is -3.72. The number of benzene rings is 1. The molecule has 0 atom stereocenters. The van der Waals surface area contributed by atoms with Crippen LogP contribution in [0.15, 0.2) is 23.1 Å². The van der Waals surface area contributed by atoms with Gasteiger partial charge in [-0.1, -0.05) is 13.0 Å². The first kappa shape index (κ1) is 16.6. The Labute approximate surface area is 118 Å². The fraction of sp³-hybridized carbons (Fsp3) is 0.462. The van der Waals surface area contributed by atoms with Gasteiger partial charge in [-0.05, 0) is 31.0 Å². The number of aromatic carboxylic acids is 1. The topological polar surface area (TPSA) is 92.7 Å². The molecule has 0 aliphatic heterocycles. The molecule has 0 saturated carbocycles. The lowest BCUT2D eigenvalue weighted by atomic mass is 10.1. The average molecular weight is 301 g/mol. The Morgan fingerprint density at radius 3 is 2.60 bits per heavy atom. The van der Waals surface area contributed by atoms with Crippen molar-refractivity contribution < 1.29 is 23.1 Å². The highest BCUT2D eigenvalue weighted by molar-refractivity contribution is 7.89. The van der Waals surface area contributed by atoms with Gasteiger partial charge in [0.15, 0.2) is 0 Å². The molecule has 6 nitrogen and oxygen atoms in total. The molecule has 0 bridgehead atoms. The molecule has 20 heavy (non-hydrogen) atoms. The third-order valence-electron chi connectivity index (χ3n) is 2.75. The number of carboxylic acid groups (broad SMARTS) is 1. The Balaban J connectivity index is 2.95. The Kier molecular flexibility index (Phi) is 6.12. The first-order valence-electron chi connectivity index (χ1n) is 6.36. The second-order valence-electron chi connectivity index (χ2n) is 4.07. The van der Waals surface area contributed by atoms with Gasteiger partial charge in [-0.15, -0.1) is 0 Å². The fourth-order valence-electron chi connectivity index (χ4n) is 1.71. The summed E-state index contributed by atoms with van der Waals surface area (Å²) in [5.74, 6) is -1.13. The number of hydrogen-bond donors (Lipinski definition) is 2. The number of carboxylic acids is 1. The van der Waals surface area contributed by atoms with Gasteiger partial charge in [0.2, 0.25) is 10.0 Å². The number of ether oxygens (including phenoxy) is 1. The number of sulfonamides is 1. The van der Waals surface area contributed by atoms with Crippen LogP contribution in [0.4, 0.5) is 0 Å². The van der Waals surface area contributed by atoms with E-state index in [0.717, 1.165) is 0 Å². The molecule has 2 N–H and O–H groups in total. The van der Waals surface area contributed by atoms with E-state index in [0.29, 0.717) is 18.6 Å². The monoisotopic (exact) mass is 301 g/mol. The Morgan fingerprint density at radius 1 is 1.35 bits per heavy atom. The Morgan fingerprint density at radius 2 is 2.05 bits per heavy atom. The van der Waals surface area contributed by atoms with E-state index in [1.54, 1.807) is 0 Å². The van der Waals surface area contributed by atoms with Gasteiger partial charge in [-0.25, -0.2) is 17.9 Å². The molecule has 1 aromatic carbocycles. The molecule has 0 heterocycles. The van der Waals surface area contributed by atoms with E-state index in [2.05, 4.69) is 4.72 Å². The van der Waals surface area contributed by atoms with E-state index in [-0.39, 0.29) is 23.6 Å². The quantitative estimate of drug-likeness (QED) is 0.705. The summed E-state index contributed by atoms with van der Waals surface area (Å²) in [5.41, 5.74) is 0.617. The van der Waals surface area contributed by atoms with Crippen molar-refractivity contribution in [1.29, 1.82) is 0 Å². The number of carbonyl (C=O) groups is 1. The summed E-state index contributed by atoms with van der Waals surface area (Å²) in [6.07, 6.45) is 0.528. The summed E-state index contributed by atoms with van der Waals surface area (Å²) in [4.78, 5) is 11.1. The van der Waals surface area contributed by atoms with Crippen LogP contribution in [0.3, 0.4) is 0 Å². The molecule has 1 aromatic rings. The van der Waals surface area contributed by atoms with Crippen LogP contribution in [0.25, 0.3) is 0 Å². The Bertz CT molecular complexity index is 568. The van der Waals surface area contributed by atoms with Crippen molar-refractivity contribution in [3.63, 3.8) is 0 Å². The molecule has 0 spiro atoms. The number of nitrogens with one attached hydrogen (secondary N) is 1. The molecule has 7 heteroatoms. The predicted molar refractivity (Wildman–Crippen MR) is 74.5 cm³/mol. The first-order chi connectivity index (χ1) is 9.42. The molecule has 1 rings (SSSR count). The van der Waals surface area contributed by atoms with Crippen molar-refractivity contribution in [2.45, 2.75) is 25.2 Å². The van der Waals surface area contributed by atoms with Gasteiger partial charge in [-0.3, -0.25) is 0 Å². The molecule has 0 fully saturated rings. The maximum Gasteiger partial charge on any atom is 0.336 e. The van der Waals surface area contributed by atoms with Gasteiger partial charge in [0, 0.05) is 13.2 Å². The number of aryl methyl sites for hydroxylation is 1. The maximum absolute atomic E-state index is 12.0. The second-order valence-corrected chi connectivity index (χ2v) is 5.84. The third kappa shape index (κ3) is 4.29. The maximum atomic E-state index is 12.0. The predicted octanol–water partition coefficient (Wildman–Crippen LogP) is 1.26. The van der Waals surface area contributed by atoms with Crippen molar-refractivity contribution in [3.8, 4) is 0 Å². The number of hydrogen-bond acceptors (Lipinski definition) is 4. The van der Waals surface area contributed by atoms with Gasteiger partial charge < -0.3 is 9.84 Å². The van der Waals surface area contributed by atoms with Gasteiger partial charge in [0.05, 0.1) is 17.1 Å². The smallest absolute Gasteiger partial charge is 0.336 e. The highest BCUT2D eigenvalue weighted by Crippen LogP contribution is 2.16. The van der Waals surface area contributed by atoms with Crippen molar-refractivity contribution in [3.05, 3.63) is 29.3 Å². The van der Waals surface area contributed by atoms with Crippen LogP contribution in [-0.4, -0.2) is 39.3 Å². The molecule has 0 radical (unpaired) electrons. The zero-order valence-electron chi connectivity index (χ0n) is 11.5. The SMILES string of the molecule is CCOCCNS(=O)(=O)c1ccc(CC)c(C(=O)O)c1. The lowest BCUT2D eigenvalue weighted by Gasteiger charge is -2.09. The van der Waals surface area contributed by atoms with E-state index < -0.39 is 16.0 Å². The van der Waals surface area contributed by atoms with Crippen LogP contribution in [0.5, 0.6) is 0 Å². The van der Waals surface area contributed by atoms with Gasteiger partial charge in [0.1, 0.15) is 0 Å². The third-order valence-corrected chi connectivity index (χ3v) is 4.20. The van der Waals surface area contributed by atoms with Crippen LogP contribution in [0.1, 0.15) is 29.8 Å². The minimum absolute atomic E-state index is 0.0141. The zero-order chi connectivity index (χ0) is 15.2. The van der Waals surface area contributed by atoms with Crippen molar-refractivity contribution >= 4 is 16.0 Å². The lowest BCUT2D eigenvalue weighted by molar-refractivity contribution is 0.0695. The highest BCUT2D eigenvalue weighted by Gasteiger charge is 2.17. The molecular weight excluding hydrogens is 282 g/mol. The van der Waals surface area contributed by atoms with E-state index in [9.17, 15) is 13.2 Å².